The molecule has 0 unspecified atom stereocenters. The molecule has 32 heavy (non-hydrogen) atoms. The van der Waals surface area contributed by atoms with Crippen LogP contribution in [0, 0.1) is 0 Å². The molecule has 0 atom stereocenters. The summed E-state index contributed by atoms with van der Waals surface area (Å²) in [6, 6.07) is 4.43. The molecule has 1 saturated heterocycles. The van der Waals surface area contributed by atoms with Crippen LogP contribution < -0.4 is 16.0 Å². The smallest absolute Gasteiger partial charge is 0.368 e. The number of likely N-dealkylation sites (tertiary alicyclic amines) is 1. The van der Waals surface area contributed by atoms with E-state index in [1.165, 1.54) is 12.4 Å². The van der Waals surface area contributed by atoms with Crippen molar-refractivity contribution in [3.05, 3.63) is 30.1 Å². The second-order valence-corrected chi connectivity index (χ2v) is 8.69. The molecule has 1 aliphatic carbocycles. The van der Waals surface area contributed by atoms with Crippen LogP contribution in [0.1, 0.15) is 38.2 Å². The Bertz CT molecular complexity index is 954. The summed E-state index contributed by atoms with van der Waals surface area (Å²) in [5.74, 6) is -0.228. The molecule has 2 fully saturated rings. The Morgan fingerprint density at radius 2 is 1.94 bits per heavy atom. The first-order valence-electron chi connectivity index (χ1n) is 11.1. The number of primary amides is 1. The van der Waals surface area contributed by atoms with E-state index in [2.05, 4.69) is 27.1 Å². The minimum Gasteiger partial charge on any atom is -0.368 e. The minimum absolute atomic E-state index is 0.0402. The Balaban J connectivity index is 1.53. The summed E-state index contributed by atoms with van der Waals surface area (Å²) in [6.45, 7) is 4.46. The van der Waals surface area contributed by atoms with Crippen molar-refractivity contribution >= 4 is 22.6 Å². The van der Waals surface area contributed by atoms with Gasteiger partial charge in [0.2, 0.25) is 5.91 Å². The highest BCUT2D eigenvalue weighted by atomic mass is 19.4. The fourth-order valence-corrected chi connectivity index (χ4v) is 4.91. The summed E-state index contributed by atoms with van der Waals surface area (Å²) in [5.41, 5.74) is 5.12. The van der Waals surface area contributed by atoms with Crippen molar-refractivity contribution in [1.29, 1.82) is 0 Å². The molecule has 0 bridgehead atoms. The van der Waals surface area contributed by atoms with Crippen molar-refractivity contribution in [3.63, 3.8) is 0 Å². The maximum atomic E-state index is 13.3. The number of benzene rings is 1. The molecule has 10 heteroatoms. The van der Waals surface area contributed by atoms with Crippen molar-refractivity contribution in [2.45, 2.75) is 56.9 Å². The third-order valence-electron chi connectivity index (χ3n) is 6.58. The number of halogens is 3. The molecule has 4 rings (SSSR count). The molecule has 0 spiro atoms. The zero-order chi connectivity index (χ0) is 22.9. The third-order valence-corrected chi connectivity index (χ3v) is 6.58. The average Bonchev–Trinajstić information content (AvgIpc) is 2.71. The number of carbonyl (C=O) groups excluding carboxylic acids is 1. The van der Waals surface area contributed by atoms with Crippen molar-refractivity contribution in [3.8, 4) is 0 Å². The van der Waals surface area contributed by atoms with Gasteiger partial charge >= 0.3 is 6.18 Å². The molecule has 2 aliphatic rings. The molecule has 1 aromatic heterocycles. The van der Waals surface area contributed by atoms with Crippen molar-refractivity contribution in [2.75, 3.05) is 31.1 Å². The van der Waals surface area contributed by atoms with Crippen LogP contribution in [0.25, 0.3) is 10.9 Å². The Hall–Kier alpha value is -2.46. The van der Waals surface area contributed by atoms with Crippen LogP contribution in [0.5, 0.6) is 0 Å². The number of hydrogen-bond acceptors (Lipinski definition) is 6. The third kappa shape index (κ3) is 4.80. The van der Waals surface area contributed by atoms with Crippen molar-refractivity contribution < 1.29 is 18.0 Å². The standard InChI is InChI=1S/C22H29F3N6O/c1-2-27-15-4-6-16(7-5-15)30-10-17(11-30)31(12-20(26)32)21-18-9-14(22(23,24)25)3-8-19(18)28-13-29-21/h3,8-9,13,15-17,27H,2,4-7,10-12H2,1H3,(H2,26,32). The minimum atomic E-state index is -4.48. The maximum Gasteiger partial charge on any atom is 0.416 e. The number of amides is 1. The van der Waals surface area contributed by atoms with Crippen LogP contribution >= 0.6 is 0 Å². The lowest BCUT2D eigenvalue weighted by Crippen LogP contribution is -2.64. The lowest BCUT2D eigenvalue weighted by Gasteiger charge is -2.50. The zero-order valence-electron chi connectivity index (χ0n) is 18.1. The number of nitrogens with two attached hydrogens (primary N) is 1. The highest BCUT2D eigenvalue weighted by molar-refractivity contribution is 5.92. The molecular weight excluding hydrogens is 421 g/mol. The van der Waals surface area contributed by atoms with Crippen LogP contribution in [-0.2, 0) is 11.0 Å². The summed E-state index contributed by atoms with van der Waals surface area (Å²) < 4.78 is 39.9. The number of fused-ring (bicyclic) bond motifs is 1. The second-order valence-electron chi connectivity index (χ2n) is 8.69. The first-order chi connectivity index (χ1) is 15.3. The van der Waals surface area contributed by atoms with Gasteiger partial charge in [-0.05, 0) is 50.4 Å². The normalized spacial score (nSPS) is 22.6. The number of hydrogen-bond donors (Lipinski definition) is 2. The number of nitrogens with zero attached hydrogens (tertiary/aromatic N) is 4. The molecule has 0 radical (unpaired) electrons. The van der Waals surface area contributed by atoms with Gasteiger partial charge in [-0.3, -0.25) is 9.69 Å². The van der Waals surface area contributed by atoms with Crippen LogP contribution in [0.4, 0.5) is 19.0 Å². The van der Waals surface area contributed by atoms with Gasteiger partial charge in [0.25, 0.3) is 0 Å². The first kappa shape index (κ1) is 22.7. The van der Waals surface area contributed by atoms with Gasteiger partial charge in [0.15, 0.2) is 0 Å². The van der Waals surface area contributed by atoms with Crippen LogP contribution in [0.3, 0.4) is 0 Å². The lowest BCUT2D eigenvalue weighted by molar-refractivity contribution is -0.137. The summed E-state index contributed by atoms with van der Waals surface area (Å²) in [4.78, 5) is 24.3. The highest BCUT2D eigenvalue weighted by Gasteiger charge is 2.39. The van der Waals surface area contributed by atoms with E-state index >= 15 is 0 Å². The monoisotopic (exact) mass is 450 g/mol. The van der Waals surface area contributed by atoms with Crippen LogP contribution in [0.2, 0.25) is 0 Å². The zero-order valence-corrected chi connectivity index (χ0v) is 18.1. The highest BCUT2D eigenvalue weighted by Crippen LogP contribution is 2.35. The summed E-state index contributed by atoms with van der Waals surface area (Å²) in [7, 11) is 0. The van der Waals surface area contributed by atoms with Gasteiger partial charge in [-0.15, -0.1) is 0 Å². The molecule has 7 nitrogen and oxygen atoms in total. The van der Waals surface area contributed by atoms with Gasteiger partial charge in [-0.2, -0.15) is 13.2 Å². The molecule has 1 amide bonds. The fraction of sp³-hybridized carbons (Fsp3) is 0.591. The quantitative estimate of drug-likeness (QED) is 0.674. The van der Waals surface area contributed by atoms with Gasteiger partial charge in [0.1, 0.15) is 12.1 Å². The number of nitrogens with one attached hydrogen (secondary N) is 1. The van der Waals surface area contributed by atoms with E-state index < -0.39 is 17.6 Å². The molecule has 1 aliphatic heterocycles. The molecule has 2 aromatic rings. The number of alkyl halides is 3. The van der Waals surface area contributed by atoms with E-state index in [0.717, 1.165) is 57.5 Å². The predicted molar refractivity (Wildman–Crippen MR) is 116 cm³/mol. The van der Waals surface area contributed by atoms with Crippen LogP contribution in [0.15, 0.2) is 24.5 Å². The summed E-state index contributed by atoms with van der Waals surface area (Å²) in [5, 5.41) is 3.78. The van der Waals surface area contributed by atoms with Gasteiger partial charge in [-0.1, -0.05) is 6.92 Å². The summed E-state index contributed by atoms with van der Waals surface area (Å²) >= 11 is 0. The number of carbonyl (C=O) groups is 1. The number of rotatable bonds is 7. The van der Waals surface area contributed by atoms with Crippen molar-refractivity contribution in [2.24, 2.45) is 5.73 Å². The SMILES string of the molecule is CCNC1CCC(N2CC(N(CC(N)=O)c3ncnc4ccc(C(F)(F)F)cc34)C2)CC1. The lowest BCUT2D eigenvalue weighted by atomic mass is 9.87. The fourth-order valence-electron chi connectivity index (χ4n) is 4.91. The second kappa shape index (κ2) is 9.19. The van der Waals surface area contributed by atoms with E-state index in [-0.39, 0.29) is 18.0 Å². The summed E-state index contributed by atoms with van der Waals surface area (Å²) in [6.07, 6.45) is 1.35. The number of anilines is 1. The van der Waals surface area contributed by atoms with Gasteiger partial charge in [0, 0.05) is 30.6 Å². The topological polar surface area (TPSA) is 87.4 Å². The van der Waals surface area contributed by atoms with Crippen LogP contribution in [-0.4, -0.2) is 65.1 Å². The Labute approximate surface area is 185 Å². The predicted octanol–water partition coefficient (Wildman–Crippen LogP) is 2.55. The van der Waals surface area contributed by atoms with Gasteiger partial charge in [0.05, 0.1) is 23.7 Å². The van der Waals surface area contributed by atoms with Crippen molar-refractivity contribution in [1.82, 2.24) is 20.2 Å². The van der Waals surface area contributed by atoms with E-state index in [1.54, 1.807) is 4.90 Å². The number of aromatic nitrogens is 2. The molecule has 3 N–H and O–H groups in total. The van der Waals surface area contributed by atoms with E-state index in [1.807, 2.05) is 0 Å². The van der Waals surface area contributed by atoms with E-state index in [0.29, 0.717) is 23.4 Å². The Morgan fingerprint density at radius 3 is 2.56 bits per heavy atom. The van der Waals surface area contributed by atoms with Gasteiger partial charge in [-0.25, -0.2) is 9.97 Å². The average molecular weight is 451 g/mol. The van der Waals surface area contributed by atoms with Gasteiger partial charge < -0.3 is 16.0 Å². The Kier molecular flexibility index (Phi) is 6.52. The maximum absolute atomic E-state index is 13.3. The molecular formula is C22H29F3N6O. The first-order valence-corrected chi connectivity index (χ1v) is 11.1. The molecule has 1 saturated carbocycles. The molecule has 2 heterocycles. The molecule has 1 aromatic carbocycles. The Morgan fingerprint density at radius 1 is 1.22 bits per heavy atom. The van der Waals surface area contributed by atoms with E-state index in [9.17, 15) is 18.0 Å². The molecule has 174 valence electrons. The largest absolute Gasteiger partial charge is 0.416 e. The van der Waals surface area contributed by atoms with E-state index in [4.69, 9.17) is 5.73 Å².